The van der Waals surface area contributed by atoms with Crippen molar-refractivity contribution >= 4 is 5.91 Å². The molecule has 1 saturated heterocycles. The van der Waals surface area contributed by atoms with Crippen LogP contribution in [-0.4, -0.2) is 39.7 Å². The number of aryl methyl sites for hydroxylation is 2. The molecule has 0 spiro atoms. The molecule has 2 rings (SSSR count). The molecule has 0 radical (unpaired) electrons. The lowest BCUT2D eigenvalue weighted by Gasteiger charge is -2.42. The number of carbonyl (C=O) groups is 1. The van der Waals surface area contributed by atoms with E-state index in [-0.39, 0.29) is 17.4 Å². The van der Waals surface area contributed by atoms with Crippen molar-refractivity contribution in [2.75, 3.05) is 13.1 Å². The Hall–Kier alpha value is -1.36. The predicted molar refractivity (Wildman–Crippen MR) is 75.0 cm³/mol. The molecule has 1 fully saturated rings. The predicted octanol–water partition coefficient (Wildman–Crippen LogP) is 1.24. The highest BCUT2D eigenvalue weighted by atomic mass is 16.2. The molecule has 0 aromatic carbocycles. The van der Waals surface area contributed by atoms with Gasteiger partial charge in [0, 0.05) is 31.9 Å². The summed E-state index contributed by atoms with van der Waals surface area (Å²) in [7, 11) is 1.87. The van der Waals surface area contributed by atoms with Crippen molar-refractivity contribution < 1.29 is 4.79 Å². The zero-order valence-corrected chi connectivity index (χ0v) is 12.5. The molecular weight excluding hydrogens is 240 g/mol. The number of hydrogen-bond donors (Lipinski definition) is 1. The van der Waals surface area contributed by atoms with Crippen molar-refractivity contribution in [3.8, 4) is 0 Å². The minimum atomic E-state index is -0.0298. The van der Waals surface area contributed by atoms with E-state index in [2.05, 4.69) is 18.9 Å². The van der Waals surface area contributed by atoms with Crippen LogP contribution in [0.4, 0.5) is 0 Å². The SMILES string of the molecule is Cc1nn(C)c(C)c1C(=O)N1CCC(N)C(C)(C)C1. The molecule has 1 aromatic heterocycles. The summed E-state index contributed by atoms with van der Waals surface area (Å²) in [5.41, 5.74) is 8.57. The van der Waals surface area contributed by atoms with Crippen molar-refractivity contribution in [3.05, 3.63) is 17.0 Å². The third-order valence-corrected chi connectivity index (χ3v) is 4.32. The van der Waals surface area contributed by atoms with Gasteiger partial charge in [-0.05, 0) is 25.7 Å². The largest absolute Gasteiger partial charge is 0.338 e. The van der Waals surface area contributed by atoms with E-state index in [0.29, 0.717) is 6.54 Å². The van der Waals surface area contributed by atoms with E-state index in [4.69, 9.17) is 5.73 Å². The first kappa shape index (κ1) is 14.1. The van der Waals surface area contributed by atoms with Crippen LogP contribution in [0.3, 0.4) is 0 Å². The number of likely N-dealkylation sites (tertiary alicyclic amines) is 1. The molecule has 0 aliphatic carbocycles. The smallest absolute Gasteiger partial charge is 0.257 e. The monoisotopic (exact) mass is 264 g/mol. The lowest BCUT2D eigenvalue weighted by atomic mass is 9.79. The van der Waals surface area contributed by atoms with Gasteiger partial charge in [-0.1, -0.05) is 13.8 Å². The number of hydrogen-bond acceptors (Lipinski definition) is 3. The van der Waals surface area contributed by atoms with Crippen LogP contribution < -0.4 is 5.73 Å². The molecule has 19 heavy (non-hydrogen) atoms. The van der Waals surface area contributed by atoms with Crippen LogP contribution in [-0.2, 0) is 7.05 Å². The van der Waals surface area contributed by atoms with Crippen LogP contribution >= 0.6 is 0 Å². The van der Waals surface area contributed by atoms with Crippen molar-refractivity contribution in [2.24, 2.45) is 18.2 Å². The molecule has 1 aromatic rings. The van der Waals surface area contributed by atoms with Crippen LogP contribution in [0.15, 0.2) is 0 Å². The van der Waals surface area contributed by atoms with Crippen LogP contribution in [0.1, 0.15) is 42.0 Å². The first-order valence-corrected chi connectivity index (χ1v) is 6.79. The summed E-state index contributed by atoms with van der Waals surface area (Å²) >= 11 is 0. The minimum Gasteiger partial charge on any atom is -0.338 e. The fourth-order valence-corrected chi connectivity index (χ4v) is 2.79. The molecule has 106 valence electrons. The van der Waals surface area contributed by atoms with Crippen molar-refractivity contribution in [3.63, 3.8) is 0 Å². The Kier molecular flexibility index (Phi) is 3.43. The number of carbonyl (C=O) groups excluding carboxylic acids is 1. The maximum atomic E-state index is 12.7. The molecule has 1 aliphatic rings. The van der Waals surface area contributed by atoms with E-state index in [1.165, 1.54) is 0 Å². The van der Waals surface area contributed by atoms with Gasteiger partial charge in [-0.25, -0.2) is 0 Å². The number of amides is 1. The van der Waals surface area contributed by atoms with Gasteiger partial charge in [-0.2, -0.15) is 5.10 Å². The molecule has 5 heteroatoms. The fourth-order valence-electron chi connectivity index (χ4n) is 2.79. The second-order valence-electron chi connectivity index (χ2n) is 6.28. The number of aromatic nitrogens is 2. The average molecular weight is 264 g/mol. The quantitative estimate of drug-likeness (QED) is 0.830. The molecule has 0 saturated carbocycles. The summed E-state index contributed by atoms with van der Waals surface area (Å²) in [6, 6.07) is 0.160. The molecule has 1 amide bonds. The van der Waals surface area contributed by atoms with Gasteiger partial charge < -0.3 is 10.6 Å². The Morgan fingerprint density at radius 2 is 2.05 bits per heavy atom. The molecule has 1 aliphatic heterocycles. The van der Waals surface area contributed by atoms with Crippen LogP contribution in [0, 0.1) is 19.3 Å². The first-order valence-electron chi connectivity index (χ1n) is 6.79. The van der Waals surface area contributed by atoms with E-state index >= 15 is 0 Å². The first-order chi connectivity index (χ1) is 8.74. The maximum absolute atomic E-state index is 12.7. The summed E-state index contributed by atoms with van der Waals surface area (Å²) in [5, 5.41) is 4.32. The Labute approximate surface area is 114 Å². The summed E-state index contributed by atoms with van der Waals surface area (Å²) < 4.78 is 1.77. The molecule has 1 unspecified atom stereocenters. The Morgan fingerprint density at radius 3 is 2.53 bits per heavy atom. The third-order valence-electron chi connectivity index (χ3n) is 4.32. The second kappa shape index (κ2) is 4.63. The number of nitrogens with zero attached hydrogens (tertiary/aromatic N) is 3. The molecule has 1 atom stereocenters. The van der Waals surface area contributed by atoms with Crippen LogP contribution in [0.2, 0.25) is 0 Å². The molecule has 0 bridgehead atoms. The van der Waals surface area contributed by atoms with E-state index in [9.17, 15) is 4.79 Å². The molecule has 2 N–H and O–H groups in total. The summed E-state index contributed by atoms with van der Waals surface area (Å²) in [6.45, 7) is 9.52. The number of piperidine rings is 1. The van der Waals surface area contributed by atoms with Crippen molar-refractivity contribution in [1.29, 1.82) is 0 Å². The summed E-state index contributed by atoms with van der Waals surface area (Å²) in [4.78, 5) is 14.6. The van der Waals surface area contributed by atoms with Crippen molar-refractivity contribution in [2.45, 2.75) is 40.2 Å². The summed E-state index contributed by atoms with van der Waals surface area (Å²) in [5.74, 6) is 0.0862. The average Bonchev–Trinajstić information content (AvgIpc) is 2.56. The maximum Gasteiger partial charge on any atom is 0.257 e. The fraction of sp³-hybridized carbons (Fsp3) is 0.714. The van der Waals surface area contributed by atoms with Gasteiger partial charge in [-0.3, -0.25) is 9.48 Å². The van der Waals surface area contributed by atoms with E-state index < -0.39 is 0 Å². The number of nitrogens with two attached hydrogens (primary N) is 1. The van der Waals surface area contributed by atoms with E-state index in [1.54, 1.807) is 4.68 Å². The summed E-state index contributed by atoms with van der Waals surface area (Å²) in [6.07, 6.45) is 0.858. The van der Waals surface area contributed by atoms with Crippen LogP contribution in [0.5, 0.6) is 0 Å². The van der Waals surface area contributed by atoms with Crippen LogP contribution in [0.25, 0.3) is 0 Å². The van der Waals surface area contributed by atoms with E-state index in [0.717, 1.165) is 29.9 Å². The van der Waals surface area contributed by atoms with Gasteiger partial charge in [0.1, 0.15) is 0 Å². The highest BCUT2D eigenvalue weighted by Gasteiger charge is 2.36. The van der Waals surface area contributed by atoms with Gasteiger partial charge in [-0.15, -0.1) is 0 Å². The lowest BCUT2D eigenvalue weighted by Crippen LogP contribution is -2.54. The minimum absolute atomic E-state index is 0.0298. The van der Waals surface area contributed by atoms with Gasteiger partial charge in [0.2, 0.25) is 0 Å². The lowest BCUT2D eigenvalue weighted by molar-refractivity contribution is 0.0531. The molecule has 5 nitrogen and oxygen atoms in total. The molecule has 2 heterocycles. The zero-order valence-electron chi connectivity index (χ0n) is 12.5. The normalized spacial score (nSPS) is 22.6. The Bertz CT molecular complexity index is 504. The van der Waals surface area contributed by atoms with E-state index in [1.807, 2.05) is 25.8 Å². The third kappa shape index (κ3) is 2.39. The van der Waals surface area contributed by atoms with Crippen molar-refractivity contribution in [1.82, 2.24) is 14.7 Å². The highest BCUT2D eigenvalue weighted by Crippen LogP contribution is 2.29. The van der Waals surface area contributed by atoms with Gasteiger partial charge >= 0.3 is 0 Å². The van der Waals surface area contributed by atoms with Gasteiger partial charge in [0.05, 0.1) is 11.3 Å². The topological polar surface area (TPSA) is 64.2 Å². The number of rotatable bonds is 1. The zero-order chi connectivity index (χ0) is 14.4. The standard InChI is InChI=1S/C14H24N4O/c1-9-12(10(2)17(5)16-9)13(19)18-7-6-11(15)14(3,4)8-18/h11H,6-8,15H2,1-5H3. The van der Waals surface area contributed by atoms with Gasteiger partial charge in [0.15, 0.2) is 0 Å². The highest BCUT2D eigenvalue weighted by molar-refractivity contribution is 5.96. The second-order valence-corrected chi connectivity index (χ2v) is 6.28. The Balaban J connectivity index is 2.26. The molecular formula is C14H24N4O. The van der Waals surface area contributed by atoms with Gasteiger partial charge in [0.25, 0.3) is 5.91 Å². The Morgan fingerprint density at radius 1 is 1.42 bits per heavy atom.